The van der Waals surface area contributed by atoms with E-state index in [4.69, 9.17) is 11.6 Å². The van der Waals surface area contributed by atoms with Crippen molar-refractivity contribution in [2.24, 2.45) is 0 Å². The van der Waals surface area contributed by atoms with Crippen molar-refractivity contribution in [1.82, 2.24) is 0 Å². The Kier molecular flexibility index (Phi) is 5.07. The van der Waals surface area contributed by atoms with Gasteiger partial charge in [0.2, 0.25) is 0 Å². The molecule has 0 saturated heterocycles. The fraction of sp³-hybridized carbons (Fsp3) is 0.143. The summed E-state index contributed by atoms with van der Waals surface area (Å²) in [6.07, 6.45) is -0.529. The Morgan fingerprint density at radius 2 is 1.58 bits per heavy atom. The highest BCUT2D eigenvalue weighted by Crippen LogP contribution is 2.47. The van der Waals surface area contributed by atoms with Gasteiger partial charge in [0.25, 0.3) is 0 Å². The SMILES string of the molecule is O[C@@H](CNc1cccc(Cl)c1)CN1c2ccccc2Sc2ccccc21. The Balaban J connectivity index is 1.52. The molecule has 5 heteroatoms. The Hall–Kier alpha value is -2.14. The molecule has 0 unspecified atom stereocenters. The quantitative estimate of drug-likeness (QED) is 0.618. The molecule has 0 aromatic heterocycles. The van der Waals surface area contributed by atoms with Crippen LogP contribution in [0.2, 0.25) is 5.02 Å². The third-order valence-electron chi connectivity index (χ3n) is 4.29. The van der Waals surface area contributed by atoms with Gasteiger partial charge in [-0.05, 0) is 42.5 Å². The molecule has 2 N–H and O–H groups in total. The van der Waals surface area contributed by atoms with E-state index in [0.29, 0.717) is 18.1 Å². The van der Waals surface area contributed by atoms with Crippen LogP contribution >= 0.6 is 23.4 Å². The van der Waals surface area contributed by atoms with Crippen molar-refractivity contribution in [3.8, 4) is 0 Å². The molecule has 132 valence electrons. The summed E-state index contributed by atoms with van der Waals surface area (Å²) in [4.78, 5) is 4.62. The number of nitrogens with one attached hydrogen (secondary N) is 1. The number of halogens is 1. The third kappa shape index (κ3) is 3.68. The van der Waals surface area contributed by atoms with Crippen molar-refractivity contribution in [3.63, 3.8) is 0 Å². The monoisotopic (exact) mass is 382 g/mol. The number of rotatable bonds is 5. The van der Waals surface area contributed by atoms with Crippen LogP contribution in [0.3, 0.4) is 0 Å². The summed E-state index contributed by atoms with van der Waals surface area (Å²) in [7, 11) is 0. The Morgan fingerprint density at radius 3 is 2.23 bits per heavy atom. The Morgan fingerprint density at radius 1 is 0.923 bits per heavy atom. The van der Waals surface area contributed by atoms with Gasteiger partial charge in [-0.15, -0.1) is 0 Å². The summed E-state index contributed by atoms with van der Waals surface area (Å²) in [5, 5.41) is 14.6. The predicted molar refractivity (Wildman–Crippen MR) is 110 cm³/mol. The Labute approximate surface area is 162 Å². The lowest BCUT2D eigenvalue weighted by atomic mass is 10.2. The second kappa shape index (κ2) is 7.62. The molecule has 0 amide bonds. The van der Waals surface area contributed by atoms with Gasteiger partial charge in [-0.3, -0.25) is 0 Å². The van der Waals surface area contributed by atoms with E-state index in [1.807, 2.05) is 36.4 Å². The lowest BCUT2D eigenvalue weighted by molar-refractivity contribution is 0.195. The molecule has 26 heavy (non-hydrogen) atoms. The van der Waals surface area contributed by atoms with Crippen molar-refractivity contribution in [1.29, 1.82) is 0 Å². The van der Waals surface area contributed by atoms with Gasteiger partial charge in [0.15, 0.2) is 0 Å². The zero-order valence-electron chi connectivity index (χ0n) is 14.1. The molecule has 0 fully saturated rings. The summed E-state index contributed by atoms with van der Waals surface area (Å²) in [5.41, 5.74) is 3.18. The summed E-state index contributed by atoms with van der Waals surface area (Å²) in [5.74, 6) is 0. The predicted octanol–water partition coefficient (Wildman–Crippen LogP) is 5.42. The number of aliphatic hydroxyl groups is 1. The molecule has 0 aliphatic carbocycles. The minimum Gasteiger partial charge on any atom is -0.389 e. The first-order valence-corrected chi connectivity index (χ1v) is 9.71. The van der Waals surface area contributed by atoms with E-state index < -0.39 is 6.10 Å². The highest BCUT2D eigenvalue weighted by Gasteiger charge is 2.24. The van der Waals surface area contributed by atoms with Gasteiger partial charge in [-0.25, -0.2) is 0 Å². The molecule has 1 aliphatic heterocycles. The fourth-order valence-electron chi connectivity index (χ4n) is 3.09. The van der Waals surface area contributed by atoms with Crippen molar-refractivity contribution < 1.29 is 5.11 Å². The number of fused-ring (bicyclic) bond motifs is 2. The topological polar surface area (TPSA) is 35.5 Å². The van der Waals surface area contributed by atoms with Crippen LogP contribution in [0, 0.1) is 0 Å². The number of nitrogens with zero attached hydrogens (tertiary/aromatic N) is 1. The molecule has 3 aromatic carbocycles. The highest BCUT2D eigenvalue weighted by atomic mass is 35.5. The minimum absolute atomic E-state index is 0.453. The van der Waals surface area contributed by atoms with Crippen LogP contribution in [0.1, 0.15) is 0 Å². The van der Waals surface area contributed by atoms with E-state index >= 15 is 0 Å². The number of β-amino-alcohol motifs (C(OH)–C–C–N with tert-alkyl or cyclic N) is 1. The number of aliphatic hydroxyl groups excluding tert-OH is 1. The van der Waals surface area contributed by atoms with Gasteiger partial charge in [0.05, 0.1) is 24.0 Å². The molecule has 1 aliphatic rings. The highest BCUT2D eigenvalue weighted by molar-refractivity contribution is 7.99. The third-order valence-corrected chi connectivity index (χ3v) is 5.66. The number of hydrogen-bond donors (Lipinski definition) is 2. The van der Waals surface area contributed by atoms with Gasteiger partial charge in [-0.2, -0.15) is 0 Å². The number of para-hydroxylation sites is 2. The zero-order chi connectivity index (χ0) is 17.9. The van der Waals surface area contributed by atoms with E-state index in [0.717, 1.165) is 17.1 Å². The molecule has 0 spiro atoms. The number of hydrogen-bond acceptors (Lipinski definition) is 4. The van der Waals surface area contributed by atoms with Crippen LogP contribution in [-0.2, 0) is 0 Å². The second-order valence-corrected chi connectivity index (χ2v) is 7.71. The minimum atomic E-state index is -0.529. The molecular weight excluding hydrogens is 364 g/mol. The first-order chi connectivity index (χ1) is 12.7. The summed E-state index contributed by atoms with van der Waals surface area (Å²) in [6, 6.07) is 24.2. The summed E-state index contributed by atoms with van der Waals surface area (Å²) < 4.78 is 0. The fourth-order valence-corrected chi connectivity index (χ4v) is 4.37. The molecule has 1 atom stereocenters. The number of anilines is 3. The van der Waals surface area contributed by atoms with Crippen molar-refractivity contribution in [2.75, 3.05) is 23.3 Å². The summed E-state index contributed by atoms with van der Waals surface area (Å²) in [6.45, 7) is 0.969. The van der Waals surface area contributed by atoms with Crippen molar-refractivity contribution >= 4 is 40.4 Å². The molecule has 4 rings (SSSR count). The average Bonchev–Trinajstić information content (AvgIpc) is 2.66. The molecular formula is C21H19ClN2OS. The van der Waals surface area contributed by atoms with Crippen LogP contribution < -0.4 is 10.2 Å². The van der Waals surface area contributed by atoms with E-state index in [2.05, 4.69) is 46.6 Å². The normalized spacial score (nSPS) is 13.7. The summed E-state index contributed by atoms with van der Waals surface area (Å²) >= 11 is 7.79. The first-order valence-electron chi connectivity index (χ1n) is 8.51. The maximum absolute atomic E-state index is 10.6. The largest absolute Gasteiger partial charge is 0.389 e. The maximum atomic E-state index is 10.6. The van der Waals surface area contributed by atoms with E-state index in [9.17, 15) is 5.11 Å². The second-order valence-electron chi connectivity index (χ2n) is 6.19. The van der Waals surface area contributed by atoms with Gasteiger partial charge < -0.3 is 15.3 Å². The lowest BCUT2D eigenvalue weighted by Crippen LogP contribution is -2.34. The first kappa shape index (κ1) is 17.3. The molecule has 3 aromatic rings. The molecule has 1 heterocycles. The maximum Gasteiger partial charge on any atom is 0.0891 e. The van der Waals surface area contributed by atoms with E-state index in [1.165, 1.54) is 9.79 Å². The van der Waals surface area contributed by atoms with Crippen LogP contribution in [0.25, 0.3) is 0 Å². The Bertz CT molecular complexity index is 872. The molecule has 0 saturated carbocycles. The van der Waals surface area contributed by atoms with Crippen LogP contribution in [0.4, 0.5) is 17.1 Å². The molecule has 0 radical (unpaired) electrons. The van der Waals surface area contributed by atoms with E-state index in [-0.39, 0.29) is 0 Å². The van der Waals surface area contributed by atoms with E-state index in [1.54, 1.807) is 11.8 Å². The van der Waals surface area contributed by atoms with Gasteiger partial charge >= 0.3 is 0 Å². The van der Waals surface area contributed by atoms with Gasteiger partial charge in [0.1, 0.15) is 0 Å². The average molecular weight is 383 g/mol. The van der Waals surface area contributed by atoms with Crippen molar-refractivity contribution in [3.05, 3.63) is 77.8 Å². The lowest BCUT2D eigenvalue weighted by Gasteiger charge is -2.34. The van der Waals surface area contributed by atoms with Crippen molar-refractivity contribution in [2.45, 2.75) is 15.9 Å². The van der Waals surface area contributed by atoms with Gasteiger partial charge in [0, 0.05) is 27.0 Å². The van der Waals surface area contributed by atoms with Gasteiger partial charge in [-0.1, -0.05) is 53.7 Å². The molecule has 3 nitrogen and oxygen atoms in total. The van der Waals surface area contributed by atoms with Crippen LogP contribution in [0.15, 0.2) is 82.6 Å². The zero-order valence-corrected chi connectivity index (χ0v) is 15.7. The van der Waals surface area contributed by atoms with Crippen LogP contribution in [0.5, 0.6) is 0 Å². The standard InChI is InChI=1S/C21H19ClN2OS/c22-15-6-5-7-16(12-15)23-13-17(25)14-24-18-8-1-3-10-20(18)26-21-11-4-2-9-19(21)24/h1-12,17,23,25H,13-14H2/t17-/m0/s1. The molecule has 0 bridgehead atoms. The van der Waals surface area contributed by atoms with Crippen LogP contribution in [-0.4, -0.2) is 24.3 Å². The number of benzene rings is 3. The smallest absolute Gasteiger partial charge is 0.0891 e.